The fourth-order valence-corrected chi connectivity index (χ4v) is 1.07. The van der Waals surface area contributed by atoms with Crippen LogP contribution in [0.5, 0.6) is 0 Å². The average molecular weight is 228 g/mol. The van der Waals surface area contributed by atoms with Crippen LogP contribution < -0.4 is 10.6 Å². The van der Waals surface area contributed by atoms with Gasteiger partial charge in [-0.3, -0.25) is 5.41 Å². The van der Waals surface area contributed by atoms with Crippen molar-refractivity contribution in [2.75, 3.05) is 11.9 Å². The topological polar surface area (TPSA) is 53.1 Å². The van der Waals surface area contributed by atoms with Crippen molar-refractivity contribution < 1.29 is 0 Å². The van der Waals surface area contributed by atoms with Gasteiger partial charge in [-0.2, -0.15) is 0 Å². The number of rotatable bonds is 1. The first kappa shape index (κ1) is 9.06. The monoisotopic (exact) mass is 227 g/mol. The van der Waals surface area contributed by atoms with Crippen LogP contribution in [-0.4, -0.2) is 13.0 Å². The van der Waals surface area contributed by atoms with Gasteiger partial charge in [-0.05, 0) is 24.3 Å². The summed E-state index contributed by atoms with van der Waals surface area (Å²) in [6.07, 6.45) is 0. The summed E-state index contributed by atoms with van der Waals surface area (Å²) in [4.78, 5) is 1.60. The molecule has 1 aromatic carbocycles. The Morgan fingerprint density at radius 3 is 2.33 bits per heavy atom. The smallest absolute Gasteiger partial charge is 0.192 e. The van der Waals surface area contributed by atoms with Crippen LogP contribution in [0.3, 0.4) is 0 Å². The van der Waals surface area contributed by atoms with E-state index in [0.29, 0.717) is 0 Å². The minimum absolute atomic E-state index is 0.0392. The van der Waals surface area contributed by atoms with E-state index in [-0.39, 0.29) is 5.96 Å². The number of halogens is 1. The first-order chi connectivity index (χ1) is 5.61. The SMILES string of the molecule is CN(C(=N)N)c1ccc(Br)cc1. The van der Waals surface area contributed by atoms with E-state index in [1.54, 1.807) is 11.9 Å². The van der Waals surface area contributed by atoms with Crippen molar-refractivity contribution in [3.63, 3.8) is 0 Å². The van der Waals surface area contributed by atoms with Crippen molar-refractivity contribution in [3.8, 4) is 0 Å². The van der Waals surface area contributed by atoms with E-state index in [9.17, 15) is 0 Å². The average Bonchev–Trinajstić information content (AvgIpc) is 2.04. The molecular formula is C8H10BrN3. The van der Waals surface area contributed by atoms with Crippen molar-refractivity contribution in [1.82, 2.24) is 0 Å². The molecule has 4 heteroatoms. The molecule has 0 radical (unpaired) electrons. The van der Waals surface area contributed by atoms with Crippen LogP contribution in [0.25, 0.3) is 0 Å². The lowest BCUT2D eigenvalue weighted by Gasteiger charge is -2.16. The van der Waals surface area contributed by atoms with Gasteiger partial charge in [-0.1, -0.05) is 15.9 Å². The van der Waals surface area contributed by atoms with Gasteiger partial charge >= 0.3 is 0 Å². The Kier molecular flexibility index (Phi) is 2.70. The number of anilines is 1. The highest BCUT2D eigenvalue weighted by Gasteiger charge is 2.01. The summed E-state index contributed by atoms with van der Waals surface area (Å²) >= 11 is 3.33. The molecule has 0 aliphatic carbocycles. The lowest BCUT2D eigenvalue weighted by molar-refractivity contribution is 1.20. The Hall–Kier alpha value is -1.03. The molecule has 0 spiro atoms. The minimum Gasteiger partial charge on any atom is -0.370 e. The quantitative estimate of drug-likeness (QED) is 0.568. The van der Waals surface area contributed by atoms with Crippen molar-refractivity contribution in [1.29, 1.82) is 5.41 Å². The summed E-state index contributed by atoms with van der Waals surface area (Å²) < 4.78 is 1.02. The molecule has 0 fully saturated rings. The lowest BCUT2D eigenvalue weighted by atomic mass is 10.3. The number of nitrogens with two attached hydrogens (primary N) is 1. The zero-order valence-corrected chi connectivity index (χ0v) is 8.30. The predicted molar refractivity (Wildman–Crippen MR) is 54.5 cm³/mol. The molecule has 0 atom stereocenters. The third kappa shape index (κ3) is 1.98. The first-order valence-electron chi connectivity index (χ1n) is 3.44. The molecule has 0 aliphatic rings. The summed E-state index contributed by atoms with van der Waals surface area (Å²) in [7, 11) is 1.76. The van der Waals surface area contributed by atoms with Crippen LogP contribution in [0.2, 0.25) is 0 Å². The summed E-state index contributed by atoms with van der Waals surface area (Å²) in [5, 5.41) is 7.18. The molecule has 3 N–H and O–H groups in total. The van der Waals surface area contributed by atoms with E-state index in [4.69, 9.17) is 11.1 Å². The molecule has 0 heterocycles. The highest BCUT2D eigenvalue weighted by Crippen LogP contribution is 2.16. The Morgan fingerprint density at radius 2 is 1.92 bits per heavy atom. The van der Waals surface area contributed by atoms with E-state index in [1.165, 1.54) is 0 Å². The summed E-state index contributed by atoms with van der Waals surface area (Å²) in [6, 6.07) is 7.61. The Bertz CT molecular complexity index is 281. The summed E-state index contributed by atoms with van der Waals surface area (Å²) in [5.41, 5.74) is 6.21. The van der Waals surface area contributed by atoms with Crippen LogP contribution in [-0.2, 0) is 0 Å². The molecule has 0 amide bonds. The Balaban J connectivity index is 2.89. The molecule has 0 aromatic heterocycles. The summed E-state index contributed by atoms with van der Waals surface area (Å²) in [5.74, 6) is 0.0392. The second kappa shape index (κ2) is 3.58. The van der Waals surface area contributed by atoms with Gasteiger partial charge in [0.1, 0.15) is 0 Å². The Labute approximate surface area is 79.8 Å². The largest absolute Gasteiger partial charge is 0.370 e. The van der Waals surface area contributed by atoms with Gasteiger partial charge in [0.25, 0.3) is 0 Å². The number of nitrogens with zero attached hydrogens (tertiary/aromatic N) is 1. The molecule has 0 unspecified atom stereocenters. The van der Waals surface area contributed by atoms with E-state index in [1.807, 2.05) is 24.3 Å². The molecule has 1 rings (SSSR count). The standard InChI is InChI=1S/C8H10BrN3/c1-12(8(10)11)7-4-2-6(9)3-5-7/h2-5H,1H3,(H3,10,11). The van der Waals surface area contributed by atoms with Crippen molar-refractivity contribution in [2.45, 2.75) is 0 Å². The number of nitrogens with one attached hydrogen (secondary N) is 1. The summed E-state index contributed by atoms with van der Waals surface area (Å²) in [6.45, 7) is 0. The zero-order chi connectivity index (χ0) is 9.14. The molecule has 1 aromatic rings. The molecule has 0 bridgehead atoms. The second-order valence-electron chi connectivity index (χ2n) is 2.42. The maximum Gasteiger partial charge on any atom is 0.192 e. The highest BCUT2D eigenvalue weighted by molar-refractivity contribution is 9.10. The molecule has 64 valence electrons. The maximum atomic E-state index is 7.18. The van der Waals surface area contributed by atoms with Crippen molar-refractivity contribution in [3.05, 3.63) is 28.7 Å². The van der Waals surface area contributed by atoms with Gasteiger partial charge < -0.3 is 10.6 Å². The van der Waals surface area contributed by atoms with E-state index < -0.39 is 0 Å². The fraction of sp³-hybridized carbons (Fsp3) is 0.125. The first-order valence-corrected chi connectivity index (χ1v) is 4.24. The van der Waals surface area contributed by atoms with Crippen LogP contribution >= 0.6 is 15.9 Å². The Morgan fingerprint density at radius 1 is 1.42 bits per heavy atom. The van der Waals surface area contributed by atoms with Gasteiger partial charge in [0.2, 0.25) is 0 Å². The van der Waals surface area contributed by atoms with Crippen LogP contribution in [0.1, 0.15) is 0 Å². The van der Waals surface area contributed by atoms with Crippen molar-refractivity contribution >= 4 is 27.6 Å². The number of hydrogen-bond donors (Lipinski definition) is 2. The highest BCUT2D eigenvalue weighted by atomic mass is 79.9. The van der Waals surface area contributed by atoms with Gasteiger partial charge in [-0.25, -0.2) is 0 Å². The molecule has 0 saturated carbocycles. The molecular weight excluding hydrogens is 218 g/mol. The molecule has 0 aliphatic heterocycles. The van der Waals surface area contributed by atoms with Crippen LogP contribution in [0.4, 0.5) is 5.69 Å². The van der Waals surface area contributed by atoms with Gasteiger partial charge in [-0.15, -0.1) is 0 Å². The second-order valence-corrected chi connectivity index (χ2v) is 3.34. The van der Waals surface area contributed by atoms with E-state index in [2.05, 4.69) is 15.9 Å². The van der Waals surface area contributed by atoms with Crippen molar-refractivity contribution in [2.24, 2.45) is 5.73 Å². The third-order valence-corrected chi connectivity index (χ3v) is 2.10. The number of guanidine groups is 1. The van der Waals surface area contributed by atoms with Crippen LogP contribution in [0.15, 0.2) is 28.7 Å². The van der Waals surface area contributed by atoms with E-state index >= 15 is 0 Å². The zero-order valence-electron chi connectivity index (χ0n) is 6.71. The number of hydrogen-bond acceptors (Lipinski definition) is 1. The normalized spacial score (nSPS) is 9.50. The van der Waals surface area contributed by atoms with E-state index in [0.717, 1.165) is 10.2 Å². The van der Waals surface area contributed by atoms with Crippen LogP contribution in [0, 0.1) is 5.41 Å². The van der Waals surface area contributed by atoms with Gasteiger partial charge in [0.05, 0.1) is 0 Å². The number of benzene rings is 1. The molecule has 0 saturated heterocycles. The lowest BCUT2D eigenvalue weighted by Crippen LogP contribution is -2.32. The maximum absolute atomic E-state index is 7.18. The minimum atomic E-state index is 0.0392. The predicted octanol–water partition coefficient (Wildman–Crippen LogP) is 1.78. The van der Waals surface area contributed by atoms with Gasteiger partial charge in [0, 0.05) is 17.2 Å². The van der Waals surface area contributed by atoms with Gasteiger partial charge in [0.15, 0.2) is 5.96 Å². The third-order valence-electron chi connectivity index (χ3n) is 1.58. The molecule has 12 heavy (non-hydrogen) atoms. The molecule has 3 nitrogen and oxygen atoms in total. The fourth-order valence-electron chi connectivity index (χ4n) is 0.804.